The van der Waals surface area contributed by atoms with E-state index in [1.54, 1.807) is 0 Å². The molecule has 2 heterocycles. The van der Waals surface area contributed by atoms with Crippen LogP contribution in [0.2, 0.25) is 0 Å². The molecule has 0 radical (unpaired) electrons. The Morgan fingerprint density at radius 1 is 1.23 bits per heavy atom. The molecule has 2 aliphatic heterocycles. The SMILES string of the molecule is Cc1cc(B2OC(C)(C)C(C)(C)O2)ccc1[C@H]1CO[C@H](C)CN1C(=O)O. The van der Waals surface area contributed by atoms with Crippen molar-refractivity contribution in [2.45, 2.75) is 64.9 Å². The van der Waals surface area contributed by atoms with Gasteiger partial charge in [0.1, 0.15) is 0 Å². The summed E-state index contributed by atoms with van der Waals surface area (Å²) in [5.74, 6) is 0. The Bertz CT molecular complexity index is 689. The van der Waals surface area contributed by atoms with Gasteiger partial charge in [-0.2, -0.15) is 0 Å². The minimum Gasteiger partial charge on any atom is -0.465 e. The van der Waals surface area contributed by atoms with Gasteiger partial charge in [0.05, 0.1) is 36.5 Å². The molecule has 2 aliphatic rings. The maximum atomic E-state index is 11.6. The van der Waals surface area contributed by atoms with Crippen LogP contribution in [-0.4, -0.2) is 53.7 Å². The summed E-state index contributed by atoms with van der Waals surface area (Å²) < 4.78 is 17.9. The van der Waals surface area contributed by atoms with Crippen LogP contribution < -0.4 is 5.46 Å². The fourth-order valence-electron chi connectivity index (χ4n) is 3.47. The molecule has 7 heteroatoms. The van der Waals surface area contributed by atoms with Crippen molar-refractivity contribution in [3.63, 3.8) is 0 Å². The van der Waals surface area contributed by atoms with Gasteiger partial charge in [-0.05, 0) is 58.1 Å². The molecule has 2 saturated heterocycles. The minimum absolute atomic E-state index is 0.0910. The molecular formula is C19H28BNO5. The molecule has 3 rings (SSSR count). The van der Waals surface area contributed by atoms with Gasteiger partial charge in [-0.1, -0.05) is 18.2 Å². The molecule has 0 aliphatic carbocycles. The van der Waals surface area contributed by atoms with Crippen molar-refractivity contribution >= 4 is 18.7 Å². The second kappa shape index (κ2) is 6.55. The smallest absolute Gasteiger partial charge is 0.465 e. The summed E-state index contributed by atoms with van der Waals surface area (Å²) in [5, 5.41) is 9.55. The molecule has 26 heavy (non-hydrogen) atoms. The van der Waals surface area contributed by atoms with E-state index in [-0.39, 0.29) is 12.1 Å². The molecular weight excluding hydrogens is 333 g/mol. The molecule has 0 bridgehead atoms. The van der Waals surface area contributed by atoms with Gasteiger partial charge in [0.25, 0.3) is 0 Å². The molecule has 2 fully saturated rings. The van der Waals surface area contributed by atoms with Gasteiger partial charge in [0, 0.05) is 0 Å². The van der Waals surface area contributed by atoms with E-state index in [4.69, 9.17) is 14.0 Å². The highest BCUT2D eigenvalue weighted by molar-refractivity contribution is 6.62. The van der Waals surface area contributed by atoms with Gasteiger partial charge < -0.3 is 19.2 Å². The van der Waals surface area contributed by atoms with Crippen molar-refractivity contribution in [3.05, 3.63) is 29.3 Å². The van der Waals surface area contributed by atoms with Crippen LogP contribution in [0.1, 0.15) is 51.8 Å². The van der Waals surface area contributed by atoms with Crippen molar-refractivity contribution in [3.8, 4) is 0 Å². The summed E-state index contributed by atoms with van der Waals surface area (Å²) in [6.45, 7) is 12.7. The molecule has 1 aromatic carbocycles. The summed E-state index contributed by atoms with van der Waals surface area (Å²) in [5.41, 5.74) is 2.12. The Morgan fingerprint density at radius 3 is 2.38 bits per heavy atom. The molecule has 1 N–H and O–H groups in total. The first-order valence-electron chi connectivity index (χ1n) is 9.09. The molecule has 2 atom stereocenters. The Balaban J connectivity index is 1.85. The van der Waals surface area contributed by atoms with Gasteiger partial charge >= 0.3 is 13.2 Å². The topological polar surface area (TPSA) is 68.2 Å². The summed E-state index contributed by atoms with van der Waals surface area (Å²) in [7, 11) is -0.425. The Kier molecular flexibility index (Phi) is 4.84. The van der Waals surface area contributed by atoms with Gasteiger partial charge in [0.2, 0.25) is 0 Å². The number of rotatable bonds is 2. The largest absolute Gasteiger partial charge is 0.494 e. The highest BCUT2D eigenvalue weighted by Crippen LogP contribution is 2.37. The Morgan fingerprint density at radius 2 is 1.85 bits per heavy atom. The maximum absolute atomic E-state index is 11.6. The lowest BCUT2D eigenvalue weighted by molar-refractivity contribution is -0.0466. The third kappa shape index (κ3) is 3.35. The van der Waals surface area contributed by atoms with E-state index in [0.717, 1.165) is 16.6 Å². The first-order chi connectivity index (χ1) is 12.0. The predicted molar refractivity (Wildman–Crippen MR) is 99.8 cm³/mol. The van der Waals surface area contributed by atoms with E-state index in [9.17, 15) is 9.90 Å². The summed E-state index contributed by atoms with van der Waals surface area (Å²) in [6.07, 6.45) is -1.01. The number of benzene rings is 1. The molecule has 0 spiro atoms. The standard InChI is InChI=1S/C19H28BNO5/c1-12-9-14(20-25-18(3,4)19(5,6)26-20)7-8-15(12)16-11-24-13(2)10-21(16)17(22)23/h7-9,13,16H,10-11H2,1-6H3,(H,22,23)/t13-,16-/m1/s1. The molecule has 0 saturated carbocycles. The van der Waals surface area contributed by atoms with Crippen LogP contribution in [0.15, 0.2) is 18.2 Å². The van der Waals surface area contributed by atoms with Crippen LogP contribution in [0.3, 0.4) is 0 Å². The van der Waals surface area contributed by atoms with Gasteiger partial charge in [-0.15, -0.1) is 0 Å². The zero-order valence-corrected chi connectivity index (χ0v) is 16.4. The van der Waals surface area contributed by atoms with Crippen LogP contribution >= 0.6 is 0 Å². The highest BCUT2D eigenvalue weighted by Gasteiger charge is 2.51. The van der Waals surface area contributed by atoms with E-state index < -0.39 is 24.4 Å². The summed E-state index contributed by atoms with van der Waals surface area (Å²) in [4.78, 5) is 13.1. The van der Waals surface area contributed by atoms with Gasteiger partial charge in [0.15, 0.2) is 0 Å². The van der Waals surface area contributed by atoms with E-state index in [1.165, 1.54) is 4.90 Å². The van der Waals surface area contributed by atoms with E-state index in [0.29, 0.717) is 13.2 Å². The van der Waals surface area contributed by atoms with Crippen LogP contribution in [0.5, 0.6) is 0 Å². The molecule has 1 amide bonds. The number of nitrogens with zero attached hydrogens (tertiary/aromatic N) is 1. The van der Waals surface area contributed by atoms with E-state index in [2.05, 4.69) is 0 Å². The Labute approximate surface area is 155 Å². The number of carboxylic acid groups (broad SMARTS) is 1. The Hall–Kier alpha value is -1.57. The number of hydrogen-bond donors (Lipinski definition) is 1. The highest BCUT2D eigenvalue weighted by atomic mass is 16.7. The zero-order chi connectivity index (χ0) is 19.3. The van der Waals surface area contributed by atoms with Crippen LogP contribution in [0.25, 0.3) is 0 Å². The lowest BCUT2D eigenvalue weighted by atomic mass is 9.77. The van der Waals surface area contributed by atoms with Crippen molar-refractivity contribution in [1.29, 1.82) is 0 Å². The number of hydrogen-bond acceptors (Lipinski definition) is 4. The third-order valence-corrected chi connectivity index (χ3v) is 5.79. The monoisotopic (exact) mass is 361 g/mol. The van der Waals surface area contributed by atoms with Crippen molar-refractivity contribution < 1.29 is 23.9 Å². The van der Waals surface area contributed by atoms with Crippen molar-refractivity contribution in [2.75, 3.05) is 13.2 Å². The first-order valence-corrected chi connectivity index (χ1v) is 9.09. The normalized spacial score (nSPS) is 27.6. The lowest BCUT2D eigenvalue weighted by Gasteiger charge is -2.37. The van der Waals surface area contributed by atoms with Crippen LogP contribution in [0.4, 0.5) is 4.79 Å². The van der Waals surface area contributed by atoms with Crippen LogP contribution in [-0.2, 0) is 14.0 Å². The number of morpholine rings is 1. The molecule has 1 aromatic rings. The second-order valence-corrected chi connectivity index (χ2v) is 8.30. The number of ether oxygens (including phenoxy) is 1. The zero-order valence-electron chi connectivity index (χ0n) is 16.4. The predicted octanol–water partition coefficient (Wildman–Crippen LogP) is 2.73. The minimum atomic E-state index is -0.917. The van der Waals surface area contributed by atoms with E-state index in [1.807, 2.05) is 59.7 Å². The fourth-order valence-corrected chi connectivity index (χ4v) is 3.47. The molecule has 0 aromatic heterocycles. The average molecular weight is 361 g/mol. The molecule has 6 nitrogen and oxygen atoms in total. The third-order valence-electron chi connectivity index (χ3n) is 5.79. The maximum Gasteiger partial charge on any atom is 0.494 e. The van der Waals surface area contributed by atoms with E-state index >= 15 is 0 Å². The lowest BCUT2D eigenvalue weighted by Crippen LogP contribution is -2.46. The number of aryl methyl sites for hydroxylation is 1. The van der Waals surface area contributed by atoms with Crippen molar-refractivity contribution in [2.24, 2.45) is 0 Å². The van der Waals surface area contributed by atoms with Gasteiger partial charge in [-0.25, -0.2) is 4.79 Å². The quantitative estimate of drug-likeness (QED) is 0.821. The van der Waals surface area contributed by atoms with Crippen LogP contribution in [0, 0.1) is 6.92 Å². The summed E-state index contributed by atoms with van der Waals surface area (Å²) in [6, 6.07) is 5.66. The second-order valence-electron chi connectivity index (χ2n) is 8.30. The number of amides is 1. The summed E-state index contributed by atoms with van der Waals surface area (Å²) >= 11 is 0. The number of carbonyl (C=O) groups is 1. The molecule has 0 unspecified atom stereocenters. The molecule has 142 valence electrons. The fraction of sp³-hybridized carbons (Fsp3) is 0.632. The van der Waals surface area contributed by atoms with Crippen molar-refractivity contribution in [1.82, 2.24) is 4.90 Å². The first kappa shape index (κ1) is 19.2. The van der Waals surface area contributed by atoms with Gasteiger partial charge in [-0.3, -0.25) is 4.90 Å². The average Bonchev–Trinajstić information content (AvgIpc) is 2.75.